The Bertz CT molecular complexity index is 781. The number of amides is 1. The summed E-state index contributed by atoms with van der Waals surface area (Å²) >= 11 is 0. The summed E-state index contributed by atoms with van der Waals surface area (Å²) in [4.78, 5) is 18.4. The van der Waals surface area contributed by atoms with Gasteiger partial charge in [0, 0.05) is 12.6 Å². The number of nitrogens with zero attached hydrogens (tertiary/aromatic N) is 2. The van der Waals surface area contributed by atoms with Gasteiger partial charge in [-0.2, -0.15) is 0 Å². The average Bonchev–Trinajstić information content (AvgIpc) is 2.61. The molecule has 0 radical (unpaired) electrons. The summed E-state index contributed by atoms with van der Waals surface area (Å²) in [5.41, 5.74) is 1.85. The van der Waals surface area contributed by atoms with Crippen molar-refractivity contribution in [2.24, 2.45) is 0 Å². The molecule has 3 atom stereocenters. The van der Waals surface area contributed by atoms with E-state index < -0.39 is 0 Å². The molecule has 1 amide bonds. The lowest BCUT2D eigenvalue weighted by Gasteiger charge is -2.44. The zero-order chi connectivity index (χ0) is 17.4. The van der Waals surface area contributed by atoms with Gasteiger partial charge in [-0.15, -0.1) is 0 Å². The molecule has 1 N–H and O–H groups in total. The van der Waals surface area contributed by atoms with E-state index in [1.54, 1.807) is 6.20 Å². The molecule has 2 aromatic rings. The van der Waals surface area contributed by atoms with Crippen molar-refractivity contribution >= 4 is 17.4 Å². The first-order chi connectivity index (χ1) is 12.1. The monoisotopic (exact) mass is 339 g/mol. The second kappa shape index (κ2) is 6.37. The minimum absolute atomic E-state index is 0.0230. The fraction of sp³-hybridized carbons (Fsp3) is 0.368. The van der Waals surface area contributed by atoms with Gasteiger partial charge in [-0.1, -0.05) is 30.3 Å². The van der Waals surface area contributed by atoms with Gasteiger partial charge in [0.1, 0.15) is 5.82 Å². The van der Waals surface area contributed by atoms with Gasteiger partial charge in [0.25, 0.3) is 5.91 Å². The van der Waals surface area contributed by atoms with Crippen LogP contribution in [-0.4, -0.2) is 36.3 Å². The Morgan fingerprint density at radius 1 is 1.24 bits per heavy atom. The summed E-state index contributed by atoms with van der Waals surface area (Å²) in [5, 5.41) is 2.85. The van der Waals surface area contributed by atoms with Crippen LogP contribution in [0.15, 0.2) is 42.6 Å². The number of fused-ring (bicyclic) bond motifs is 1. The maximum absolute atomic E-state index is 11.6. The zero-order valence-corrected chi connectivity index (χ0v) is 14.3. The van der Waals surface area contributed by atoms with Gasteiger partial charge in [0.2, 0.25) is 0 Å². The number of benzene rings is 1. The highest BCUT2D eigenvalue weighted by Gasteiger charge is 2.35. The molecule has 3 heterocycles. The third-order valence-electron chi connectivity index (χ3n) is 4.60. The van der Waals surface area contributed by atoms with Crippen molar-refractivity contribution in [3.8, 4) is 5.75 Å². The number of carbonyl (C=O) groups is 1. The molecule has 0 spiro atoms. The van der Waals surface area contributed by atoms with Crippen molar-refractivity contribution < 1.29 is 14.3 Å². The smallest absolute Gasteiger partial charge is 0.262 e. The predicted molar refractivity (Wildman–Crippen MR) is 94.9 cm³/mol. The molecule has 4 rings (SSSR count). The molecule has 2 aliphatic heterocycles. The Morgan fingerprint density at radius 3 is 2.84 bits per heavy atom. The van der Waals surface area contributed by atoms with Crippen molar-refractivity contribution in [2.75, 3.05) is 23.4 Å². The van der Waals surface area contributed by atoms with Crippen LogP contribution in [0.3, 0.4) is 0 Å². The molecule has 2 aliphatic rings. The lowest BCUT2D eigenvalue weighted by molar-refractivity contribution is -0.118. The standard InChI is InChI=1S/C19H21N3O3/c1-12-10-22(19(13(2)25-12)14-6-4-3-5-7-14)17-8-15-16(9-20-17)24-11-18(23)21-15/h3-9,12-13,19H,10-11H2,1-2H3,(H,21,23). The normalized spacial score (nSPS) is 25.8. The van der Waals surface area contributed by atoms with Gasteiger partial charge in [0.15, 0.2) is 12.4 Å². The van der Waals surface area contributed by atoms with E-state index >= 15 is 0 Å². The van der Waals surface area contributed by atoms with Crippen LogP contribution < -0.4 is 15.0 Å². The summed E-state index contributed by atoms with van der Waals surface area (Å²) in [7, 11) is 0. The van der Waals surface area contributed by atoms with Gasteiger partial charge < -0.3 is 19.7 Å². The van der Waals surface area contributed by atoms with Crippen molar-refractivity contribution in [3.63, 3.8) is 0 Å². The number of aromatic nitrogens is 1. The second-order valence-electron chi connectivity index (χ2n) is 6.54. The SMILES string of the molecule is CC1CN(c2cc3c(cn2)OCC(=O)N3)C(c2ccccc2)C(C)O1. The Balaban J connectivity index is 1.73. The number of ether oxygens (including phenoxy) is 2. The maximum Gasteiger partial charge on any atom is 0.262 e. The molecular formula is C19H21N3O3. The number of rotatable bonds is 2. The Kier molecular flexibility index (Phi) is 4.05. The molecule has 130 valence electrons. The number of carbonyl (C=O) groups excluding carboxylic acids is 1. The van der Waals surface area contributed by atoms with Crippen molar-refractivity contribution in [2.45, 2.75) is 32.1 Å². The maximum atomic E-state index is 11.6. The molecule has 6 nitrogen and oxygen atoms in total. The van der Waals surface area contributed by atoms with Crippen molar-refractivity contribution in [3.05, 3.63) is 48.2 Å². The summed E-state index contributed by atoms with van der Waals surface area (Å²) in [6.45, 7) is 4.91. The highest BCUT2D eigenvalue weighted by Crippen LogP contribution is 2.37. The van der Waals surface area contributed by atoms with Gasteiger partial charge in [-0.3, -0.25) is 4.79 Å². The van der Waals surface area contributed by atoms with E-state index in [2.05, 4.69) is 41.2 Å². The molecule has 3 unspecified atom stereocenters. The number of pyridine rings is 1. The third kappa shape index (κ3) is 3.05. The predicted octanol–water partition coefficient (Wildman–Crippen LogP) is 2.77. The molecular weight excluding hydrogens is 318 g/mol. The first-order valence-electron chi connectivity index (χ1n) is 8.51. The Morgan fingerprint density at radius 2 is 2.04 bits per heavy atom. The minimum Gasteiger partial charge on any atom is -0.480 e. The number of morpholine rings is 1. The Labute approximate surface area is 146 Å². The highest BCUT2D eigenvalue weighted by molar-refractivity contribution is 5.95. The molecule has 6 heteroatoms. The van der Waals surface area contributed by atoms with Crippen molar-refractivity contribution in [1.29, 1.82) is 0 Å². The fourth-order valence-corrected chi connectivity index (χ4v) is 3.60. The molecule has 1 aromatic carbocycles. The number of hydrogen-bond donors (Lipinski definition) is 1. The third-order valence-corrected chi connectivity index (χ3v) is 4.60. The summed E-state index contributed by atoms with van der Waals surface area (Å²) < 4.78 is 11.5. The minimum atomic E-state index is -0.145. The Hall–Kier alpha value is -2.60. The van der Waals surface area contributed by atoms with E-state index in [-0.39, 0.29) is 30.8 Å². The highest BCUT2D eigenvalue weighted by atomic mass is 16.5. The van der Waals surface area contributed by atoms with Crippen LogP contribution in [0, 0.1) is 0 Å². The van der Waals surface area contributed by atoms with Crippen LogP contribution in [0.4, 0.5) is 11.5 Å². The van der Waals surface area contributed by atoms with Crippen LogP contribution in [0.25, 0.3) is 0 Å². The van der Waals surface area contributed by atoms with Crippen LogP contribution in [0.2, 0.25) is 0 Å². The summed E-state index contributed by atoms with van der Waals surface area (Å²) in [5.74, 6) is 1.27. The van der Waals surface area contributed by atoms with E-state index in [9.17, 15) is 4.79 Å². The molecule has 0 saturated carbocycles. The molecule has 1 fully saturated rings. The molecule has 25 heavy (non-hydrogen) atoms. The van der Waals surface area contributed by atoms with Crippen LogP contribution >= 0.6 is 0 Å². The van der Waals surface area contributed by atoms with Gasteiger partial charge >= 0.3 is 0 Å². The summed E-state index contributed by atoms with van der Waals surface area (Å²) in [6.07, 6.45) is 1.80. The van der Waals surface area contributed by atoms with Gasteiger partial charge in [-0.25, -0.2) is 4.98 Å². The van der Waals surface area contributed by atoms with Crippen LogP contribution in [-0.2, 0) is 9.53 Å². The van der Waals surface area contributed by atoms with Crippen LogP contribution in [0.1, 0.15) is 25.5 Å². The average molecular weight is 339 g/mol. The second-order valence-corrected chi connectivity index (χ2v) is 6.54. The van der Waals surface area contributed by atoms with Crippen molar-refractivity contribution in [1.82, 2.24) is 4.98 Å². The number of anilines is 2. The summed E-state index contributed by atoms with van der Waals surface area (Å²) in [6, 6.07) is 12.2. The lowest BCUT2D eigenvalue weighted by atomic mass is 9.98. The number of hydrogen-bond acceptors (Lipinski definition) is 5. The fourth-order valence-electron chi connectivity index (χ4n) is 3.60. The van der Waals surface area contributed by atoms with Gasteiger partial charge in [0.05, 0.1) is 30.1 Å². The van der Waals surface area contributed by atoms with E-state index in [0.29, 0.717) is 11.4 Å². The quantitative estimate of drug-likeness (QED) is 0.911. The van der Waals surface area contributed by atoms with E-state index in [0.717, 1.165) is 12.4 Å². The van der Waals surface area contributed by atoms with Crippen LogP contribution in [0.5, 0.6) is 5.75 Å². The van der Waals surface area contributed by atoms with E-state index in [1.165, 1.54) is 5.56 Å². The molecule has 0 bridgehead atoms. The van der Waals surface area contributed by atoms with Gasteiger partial charge in [-0.05, 0) is 19.4 Å². The van der Waals surface area contributed by atoms with E-state index in [4.69, 9.17) is 9.47 Å². The topological polar surface area (TPSA) is 63.7 Å². The first-order valence-corrected chi connectivity index (χ1v) is 8.51. The first kappa shape index (κ1) is 15.9. The largest absolute Gasteiger partial charge is 0.480 e. The number of nitrogens with one attached hydrogen (secondary N) is 1. The van der Waals surface area contributed by atoms with E-state index in [1.807, 2.05) is 24.3 Å². The molecule has 1 aromatic heterocycles. The molecule has 1 saturated heterocycles. The zero-order valence-electron chi connectivity index (χ0n) is 14.3. The molecule has 0 aliphatic carbocycles. The lowest BCUT2D eigenvalue weighted by Crippen LogP contribution is -2.48.